The van der Waals surface area contributed by atoms with E-state index in [4.69, 9.17) is 0 Å². The van der Waals surface area contributed by atoms with Crippen LogP contribution in [0.5, 0.6) is 0 Å². The highest BCUT2D eigenvalue weighted by atomic mass is 32.1. The third kappa shape index (κ3) is 4.42. The van der Waals surface area contributed by atoms with E-state index < -0.39 is 0 Å². The highest BCUT2D eigenvalue weighted by molar-refractivity contribution is 7.09. The zero-order valence-corrected chi connectivity index (χ0v) is 13.6. The van der Waals surface area contributed by atoms with Crippen LogP contribution in [0.15, 0.2) is 17.5 Å². The summed E-state index contributed by atoms with van der Waals surface area (Å²) in [6, 6.07) is 4.30. The Balaban J connectivity index is 1.89. The summed E-state index contributed by atoms with van der Waals surface area (Å²) >= 11 is 1.81. The van der Waals surface area contributed by atoms with Gasteiger partial charge >= 0.3 is 0 Å². The molecular formula is C17H27NOS. The van der Waals surface area contributed by atoms with Crippen LogP contribution < -0.4 is 0 Å². The number of hydrogen-bond donors (Lipinski definition) is 0. The van der Waals surface area contributed by atoms with Gasteiger partial charge < -0.3 is 0 Å². The van der Waals surface area contributed by atoms with Crippen LogP contribution in [0.3, 0.4) is 0 Å². The molecule has 2 unspecified atom stereocenters. The Bertz CT molecular complexity index is 401. The van der Waals surface area contributed by atoms with Crippen LogP contribution in [0, 0.1) is 11.8 Å². The van der Waals surface area contributed by atoms with Crippen LogP contribution in [0.25, 0.3) is 0 Å². The van der Waals surface area contributed by atoms with Gasteiger partial charge in [0.05, 0.1) is 0 Å². The van der Waals surface area contributed by atoms with Gasteiger partial charge in [-0.3, -0.25) is 9.69 Å². The molecule has 112 valence electrons. The minimum atomic E-state index is 0.278. The Morgan fingerprint density at radius 2 is 2.25 bits per heavy atom. The van der Waals surface area contributed by atoms with E-state index in [-0.39, 0.29) is 5.92 Å². The van der Waals surface area contributed by atoms with E-state index in [1.807, 2.05) is 11.3 Å². The lowest BCUT2D eigenvalue weighted by Crippen LogP contribution is -2.36. The molecule has 0 aromatic carbocycles. The average Bonchev–Trinajstić information content (AvgIpc) is 2.95. The van der Waals surface area contributed by atoms with Crippen LogP contribution in [0.4, 0.5) is 0 Å². The molecular weight excluding hydrogens is 266 g/mol. The average molecular weight is 293 g/mol. The molecule has 1 saturated carbocycles. The van der Waals surface area contributed by atoms with Gasteiger partial charge in [0.25, 0.3) is 0 Å². The van der Waals surface area contributed by atoms with Crippen molar-refractivity contribution in [3.05, 3.63) is 22.4 Å². The Morgan fingerprint density at radius 1 is 1.40 bits per heavy atom. The molecule has 1 heterocycles. The summed E-state index contributed by atoms with van der Waals surface area (Å²) in [4.78, 5) is 16.0. The van der Waals surface area contributed by atoms with Crippen LogP contribution in [0.1, 0.15) is 50.8 Å². The van der Waals surface area contributed by atoms with Crippen LogP contribution in [-0.4, -0.2) is 23.8 Å². The smallest absolute Gasteiger partial charge is 0.137 e. The molecule has 2 rings (SSSR count). The number of carbonyl (C=O) groups is 1. The summed E-state index contributed by atoms with van der Waals surface area (Å²) in [7, 11) is 0. The number of hydrogen-bond acceptors (Lipinski definition) is 3. The second-order valence-corrected chi connectivity index (χ2v) is 7.03. The molecule has 0 saturated heterocycles. The summed E-state index contributed by atoms with van der Waals surface area (Å²) in [6.07, 6.45) is 5.60. The molecule has 2 atom stereocenters. The molecule has 20 heavy (non-hydrogen) atoms. The molecule has 1 fully saturated rings. The molecule has 1 aliphatic rings. The lowest BCUT2D eigenvalue weighted by molar-refractivity contribution is -0.126. The normalized spacial score (nSPS) is 23.4. The summed E-state index contributed by atoms with van der Waals surface area (Å²) < 4.78 is 0. The molecule has 1 aliphatic carbocycles. The molecule has 0 N–H and O–H groups in total. The van der Waals surface area contributed by atoms with Crippen molar-refractivity contribution in [2.45, 2.75) is 52.5 Å². The number of thiophene rings is 1. The second kappa shape index (κ2) is 7.94. The first-order valence-electron chi connectivity index (χ1n) is 8.00. The number of ketones is 1. The standard InChI is InChI=1S/C17H27NOS/c1-3-6-14-8-9-17(19)15(11-14)12-18(4-2)13-16-7-5-10-20-16/h5,7,10,14-15H,3-4,6,8-9,11-13H2,1-2H3. The molecule has 0 amide bonds. The van der Waals surface area contributed by atoms with E-state index in [9.17, 15) is 4.79 Å². The van der Waals surface area contributed by atoms with Gasteiger partial charge in [-0.05, 0) is 36.8 Å². The van der Waals surface area contributed by atoms with Gasteiger partial charge in [-0.2, -0.15) is 0 Å². The number of rotatable bonds is 7. The first-order chi connectivity index (χ1) is 9.72. The van der Waals surface area contributed by atoms with Crippen molar-refractivity contribution >= 4 is 17.1 Å². The zero-order chi connectivity index (χ0) is 14.4. The highest BCUT2D eigenvalue weighted by Gasteiger charge is 2.29. The lowest BCUT2D eigenvalue weighted by Gasteiger charge is -2.31. The first kappa shape index (κ1) is 15.7. The lowest BCUT2D eigenvalue weighted by atomic mass is 9.78. The van der Waals surface area contributed by atoms with E-state index in [1.165, 1.54) is 17.7 Å². The third-order valence-electron chi connectivity index (χ3n) is 4.45. The van der Waals surface area contributed by atoms with Gasteiger partial charge in [-0.1, -0.05) is 32.8 Å². The van der Waals surface area contributed by atoms with Gasteiger partial charge in [0.2, 0.25) is 0 Å². The summed E-state index contributed by atoms with van der Waals surface area (Å²) in [5.74, 6) is 1.56. The van der Waals surface area contributed by atoms with Crippen LogP contribution in [0.2, 0.25) is 0 Å². The molecule has 2 nitrogen and oxygen atoms in total. The largest absolute Gasteiger partial charge is 0.299 e. The van der Waals surface area contributed by atoms with E-state index in [0.29, 0.717) is 5.78 Å². The summed E-state index contributed by atoms with van der Waals surface area (Å²) in [5, 5.41) is 2.13. The predicted octanol–water partition coefficient (Wildman–Crippen LogP) is 4.36. The Morgan fingerprint density at radius 3 is 2.90 bits per heavy atom. The third-order valence-corrected chi connectivity index (χ3v) is 5.32. The number of nitrogens with zero attached hydrogens (tertiary/aromatic N) is 1. The van der Waals surface area contributed by atoms with E-state index in [2.05, 4.69) is 36.3 Å². The fourth-order valence-electron chi connectivity index (χ4n) is 3.29. The van der Waals surface area contributed by atoms with Crippen LogP contribution >= 0.6 is 11.3 Å². The molecule has 1 aromatic heterocycles. The van der Waals surface area contributed by atoms with Crippen molar-refractivity contribution in [2.24, 2.45) is 11.8 Å². The fourth-order valence-corrected chi connectivity index (χ4v) is 4.04. The maximum absolute atomic E-state index is 12.2. The molecule has 0 aliphatic heterocycles. The molecule has 1 aromatic rings. The molecule has 0 bridgehead atoms. The van der Waals surface area contributed by atoms with E-state index in [1.54, 1.807) is 0 Å². The topological polar surface area (TPSA) is 20.3 Å². The van der Waals surface area contributed by atoms with Crippen molar-refractivity contribution in [3.63, 3.8) is 0 Å². The molecule has 0 spiro atoms. The Hall–Kier alpha value is -0.670. The maximum atomic E-state index is 12.2. The van der Waals surface area contributed by atoms with Gasteiger partial charge in [0, 0.05) is 30.3 Å². The minimum Gasteiger partial charge on any atom is -0.299 e. The van der Waals surface area contributed by atoms with Crippen molar-refractivity contribution in [3.8, 4) is 0 Å². The van der Waals surface area contributed by atoms with Gasteiger partial charge in [-0.25, -0.2) is 0 Å². The first-order valence-corrected chi connectivity index (χ1v) is 8.88. The SMILES string of the molecule is CCCC1CCC(=O)C(CN(CC)Cc2cccs2)C1. The monoisotopic (exact) mass is 293 g/mol. The van der Waals surface area contributed by atoms with Crippen molar-refractivity contribution in [1.29, 1.82) is 0 Å². The van der Waals surface area contributed by atoms with Gasteiger partial charge in [-0.15, -0.1) is 11.3 Å². The van der Waals surface area contributed by atoms with Crippen molar-refractivity contribution in [2.75, 3.05) is 13.1 Å². The van der Waals surface area contributed by atoms with Crippen molar-refractivity contribution in [1.82, 2.24) is 4.90 Å². The van der Waals surface area contributed by atoms with E-state index >= 15 is 0 Å². The Labute approximate surface area is 127 Å². The van der Waals surface area contributed by atoms with Crippen LogP contribution in [-0.2, 0) is 11.3 Å². The van der Waals surface area contributed by atoms with Gasteiger partial charge in [0.15, 0.2) is 0 Å². The molecule has 3 heteroatoms. The summed E-state index contributed by atoms with van der Waals surface area (Å²) in [5.41, 5.74) is 0. The van der Waals surface area contributed by atoms with Gasteiger partial charge in [0.1, 0.15) is 5.78 Å². The maximum Gasteiger partial charge on any atom is 0.137 e. The fraction of sp³-hybridized carbons (Fsp3) is 0.706. The Kier molecular flexibility index (Phi) is 6.24. The predicted molar refractivity (Wildman–Crippen MR) is 86.0 cm³/mol. The minimum absolute atomic E-state index is 0.278. The van der Waals surface area contributed by atoms with Crippen molar-refractivity contribution < 1.29 is 4.79 Å². The number of carbonyl (C=O) groups excluding carboxylic acids is 1. The van der Waals surface area contributed by atoms with E-state index in [0.717, 1.165) is 44.8 Å². The quantitative estimate of drug-likeness (QED) is 0.744. The number of Topliss-reactive ketones (excluding diaryl/α,β-unsaturated/α-hetero) is 1. The second-order valence-electron chi connectivity index (χ2n) is 6.00. The summed E-state index contributed by atoms with van der Waals surface area (Å²) in [6.45, 7) is 7.43. The highest BCUT2D eigenvalue weighted by Crippen LogP contribution is 2.30. The molecule has 0 radical (unpaired) electrons. The zero-order valence-electron chi connectivity index (χ0n) is 12.8.